The van der Waals surface area contributed by atoms with Gasteiger partial charge in [-0.25, -0.2) is 0 Å². The van der Waals surface area contributed by atoms with Crippen LogP contribution in [-0.4, -0.2) is 35.4 Å². The molecule has 2 aliphatic carbocycles. The van der Waals surface area contributed by atoms with Crippen molar-refractivity contribution in [2.45, 2.75) is 155 Å². The van der Waals surface area contributed by atoms with Crippen molar-refractivity contribution in [3.05, 3.63) is 59.9 Å². The number of hydrogen-bond acceptors (Lipinski definition) is 5. The van der Waals surface area contributed by atoms with E-state index in [1.807, 2.05) is 12.1 Å². The summed E-state index contributed by atoms with van der Waals surface area (Å²) in [5.74, 6) is 2.96. The zero-order valence-corrected chi connectivity index (χ0v) is 29.1. The lowest BCUT2D eigenvalue weighted by molar-refractivity contribution is 0.0681. The van der Waals surface area contributed by atoms with Crippen LogP contribution < -0.4 is 20.1 Å². The number of furan rings is 1. The normalized spacial score (nSPS) is 22.9. The molecule has 2 aromatic carbocycles. The summed E-state index contributed by atoms with van der Waals surface area (Å²) in [5.41, 5.74) is 2.74. The van der Waals surface area contributed by atoms with Crippen LogP contribution in [0, 0.1) is 5.41 Å². The van der Waals surface area contributed by atoms with E-state index in [1.165, 1.54) is 5.56 Å². The van der Waals surface area contributed by atoms with Crippen molar-refractivity contribution in [1.82, 2.24) is 10.6 Å². The van der Waals surface area contributed by atoms with Gasteiger partial charge in [-0.2, -0.15) is 0 Å². The molecule has 2 saturated carbocycles. The molecular formula is C39H58N2O3. The van der Waals surface area contributed by atoms with E-state index in [9.17, 15) is 0 Å². The smallest absolute Gasteiger partial charge is 0.134 e. The van der Waals surface area contributed by atoms with Crippen LogP contribution in [0.25, 0.3) is 11.0 Å². The lowest BCUT2D eigenvalue weighted by Gasteiger charge is -2.42. The van der Waals surface area contributed by atoms with Crippen LogP contribution in [0.5, 0.6) is 11.5 Å². The molecule has 2 N–H and O–H groups in total. The molecule has 5 nitrogen and oxygen atoms in total. The molecule has 0 unspecified atom stereocenters. The Balaban J connectivity index is 1.04. The molecule has 5 heteroatoms. The predicted molar refractivity (Wildman–Crippen MR) is 183 cm³/mol. The Bertz CT molecular complexity index is 1390. The Morgan fingerprint density at radius 2 is 1.32 bits per heavy atom. The Morgan fingerprint density at radius 1 is 0.705 bits per heavy atom. The molecule has 0 spiro atoms. The van der Waals surface area contributed by atoms with E-state index in [1.54, 1.807) is 0 Å². The second-order valence-corrected chi connectivity index (χ2v) is 17.3. The number of benzene rings is 2. The van der Waals surface area contributed by atoms with Crippen LogP contribution in [0.2, 0.25) is 0 Å². The van der Waals surface area contributed by atoms with Crippen molar-refractivity contribution in [3.63, 3.8) is 0 Å². The van der Waals surface area contributed by atoms with Gasteiger partial charge in [-0.15, -0.1) is 0 Å². The molecular weight excluding hydrogens is 544 g/mol. The van der Waals surface area contributed by atoms with Gasteiger partial charge in [0.05, 0.1) is 0 Å². The average molecular weight is 603 g/mol. The highest BCUT2D eigenvalue weighted by Gasteiger charge is 2.36. The fourth-order valence-electron chi connectivity index (χ4n) is 6.67. The van der Waals surface area contributed by atoms with Gasteiger partial charge < -0.3 is 24.5 Å². The minimum absolute atomic E-state index is 0.00120. The highest BCUT2D eigenvalue weighted by Crippen LogP contribution is 2.36. The standard InChI is InChI=1S/C39H58N2O3/c1-36(2,3)35-20-27-19-31(14-15-34(27)44-35)43-33-23-29(24-33)41-39(9,10)17-16-38(7,8)25-26-12-11-13-30(18-26)42-32-21-28(22-32)40-37(4,5)6/h11-15,18-20,28-29,32-33,40-41H,16-17,21-25H2,1-10H3. The summed E-state index contributed by atoms with van der Waals surface area (Å²) in [6, 6.07) is 18.2. The van der Waals surface area contributed by atoms with Gasteiger partial charge in [-0.05, 0) is 127 Å². The van der Waals surface area contributed by atoms with Gasteiger partial charge in [0.25, 0.3) is 0 Å². The largest absolute Gasteiger partial charge is 0.490 e. The van der Waals surface area contributed by atoms with Crippen LogP contribution in [0.3, 0.4) is 0 Å². The van der Waals surface area contributed by atoms with Crippen molar-refractivity contribution in [2.75, 3.05) is 0 Å². The van der Waals surface area contributed by atoms with Crippen LogP contribution >= 0.6 is 0 Å². The van der Waals surface area contributed by atoms with E-state index >= 15 is 0 Å². The van der Waals surface area contributed by atoms with Crippen LogP contribution in [-0.2, 0) is 11.8 Å². The van der Waals surface area contributed by atoms with Crippen molar-refractivity contribution in [1.29, 1.82) is 0 Å². The first-order valence-electron chi connectivity index (χ1n) is 16.9. The van der Waals surface area contributed by atoms with Crippen molar-refractivity contribution in [2.24, 2.45) is 5.41 Å². The van der Waals surface area contributed by atoms with Gasteiger partial charge in [-0.1, -0.05) is 46.8 Å². The molecule has 0 saturated heterocycles. The Labute approximate surface area is 266 Å². The Morgan fingerprint density at radius 3 is 1.93 bits per heavy atom. The molecule has 1 aromatic heterocycles. The van der Waals surface area contributed by atoms with Crippen LogP contribution in [0.1, 0.15) is 119 Å². The molecule has 2 fully saturated rings. The third-order valence-electron chi connectivity index (χ3n) is 9.26. The molecule has 0 aliphatic heterocycles. The molecule has 44 heavy (non-hydrogen) atoms. The van der Waals surface area contributed by atoms with Crippen molar-refractivity contribution >= 4 is 11.0 Å². The fraction of sp³-hybridized carbons (Fsp3) is 0.641. The predicted octanol–water partition coefficient (Wildman–Crippen LogP) is 9.36. The lowest BCUT2D eigenvalue weighted by Crippen LogP contribution is -2.54. The highest BCUT2D eigenvalue weighted by atomic mass is 16.5. The SMILES string of the molecule is CC(C)(CCC(C)(C)NC1CC(Oc2ccc3oc(C(C)(C)C)cc3c2)C1)Cc1cccc(OC2CC(NC(C)(C)C)C2)c1. The molecule has 2 aliphatic rings. The zero-order valence-electron chi connectivity index (χ0n) is 29.1. The first-order chi connectivity index (χ1) is 20.4. The quantitative estimate of drug-likeness (QED) is 0.216. The molecule has 5 rings (SSSR count). The van der Waals surface area contributed by atoms with Gasteiger partial charge in [0.2, 0.25) is 0 Å². The number of rotatable bonds is 12. The van der Waals surface area contributed by atoms with E-state index in [4.69, 9.17) is 13.9 Å². The maximum atomic E-state index is 6.35. The summed E-state index contributed by atoms with van der Waals surface area (Å²) in [7, 11) is 0. The van der Waals surface area contributed by atoms with E-state index in [0.717, 1.165) is 73.2 Å². The van der Waals surface area contributed by atoms with Gasteiger partial charge in [0, 0.05) is 34.0 Å². The van der Waals surface area contributed by atoms with Crippen LogP contribution in [0.4, 0.5) is 0 Å². The van der Waals surface area contributed by atoms with Crippen molar-refractivity contribution < 1.29 is 13.9 Å². The Hall–Kier alpha value is -2.50. The zero-order chi connectivity index (χ0) is 31.9. The molecule has 0 radical (unpaired) electrons. The maximum Gasteiger partial charge on any atom is 0.134 e. The van der Waals surface area contributed by atoms with Gasteiger partial charge in [-0.3, -0.25) is 0 Å². The monoisotopic (exact) mass is 602 g/mol. The minimum atomic E-state index is -0.00120. The van der Waals surface area contributed by atoms with Gasteiger partial charge in [0.15, 0.2) is 0 Å². The average Bonchev–Trinajstić information content (AvgIpc) is 3.29. The third-order valence-corrected chi connectivity index (χ3v) is 9.26. The third kappa shape index (κ3) is 9.03. The molecule has 242 valence electrons. The van der Waals surface area contributed by atoms with Crippen LogP contribution in [0.15, 0.2) is 52.9 Å². The first kappa shape index (κ1) is 32.9. The van der Waals surface area contributed by atoms with Gasteiger partial charge >= 0.3 is 0 Å². The summed E-state index contributed by atoms with van der Waals surface area (Å²) in [6.45, 7) is 22.7. The molecule has 3 aromatic rings. The molecule has 0 atom stereocenters. The second-order valence-electron chi connectivity index (χ2n) is 17.3. The van der Waals surface area contributed by atoms with E-state index in [2.05, 4.69) is 116 Å². The van der Waals surface area contributed by atoms with Gasteiger partial charge in [0.1, 0.15) is 35.1 Å². The minimum Gasteiger partial charge on any atom is -0.490 e. The first-order valence-corrected chi connectivity index (χ1v) is 16.9. The van der Waals surface area contributed by atoms with Crippen molar-refractivity contribution in [3.8, 4) is 11.5 Å². The highest BCUT2D eigenvalue weighted by molar-refractivity contribution is 5.79. The molecule has 0 bridgehead atoms. The number of fused-ring (bicyclic) bond motifs is 1. The summed E-state index contributed by atoms with van der Waals surface area (Å²) < 4.78 is 18.7. The number of ether oxygens (including phenoxy) is 2. The number of hydrogen-bond donors (Lipinski definition) is 2. The molecule has 1 heterocycles. The van der Waals surface area contributed by atoms with E-state index in [-0.39, 0.29) is 28.0 Å². The number of nitrogens with one attached hydrogen (secondary N) is 2. The summed E-state index contributed by atoms with van der Waals surface area (Å²) >= 11 is 0. The second kappa shape index (κ2) is 12.4. The lowest BCUT2D eigenvalue weighted by atomic mass is 9.77. The summed E-state index contributed by atoms with van der Waals surface area (Å²) in [5, 5.41) is 8.74. The fourth-order valence-corrected chi connectivity index (χ4v) is 6.67. The maximum absolute atomic E-state index is 6.35. The van der Waals surface area contributed by atoms with E-state index in [0.29, 0.717) is 18.2 Å². The molecule has 0 amide bonds. The summed E-state index contributed by atoms with van der Waals surface area (Å²) in [6.07, 6.45) is 8.20. The summed E-state index contributed by atoms with van der Waals surface area (Å²) in [4.78, 5) is 0. The van der Waals surface area contributed by atoms with E-state index < -0.39 is 0 Å². The Kier molecular flexibility index (Phi) is 9.24. The topological polar surface area (TPSA) is 55.7 Å².